The van der Waals surface area contributed by atoms with Crippen molar-refractivity contribution in [3.63, 3.8) is 0 Å². The van der Waals surface area contributed by atoms with Gasteiger partial charge in [-0.1, -0.05) is 0 Å². The molecule has 0 aromatic rings. The highest BCUT2D eigenvalue weighted by Crippen LogP contribution is 2.13. The average molecular weight is 1050 g/mol. The second-order valence-electron chi connectivity index (χ2n) is 17.7. The molecule has 0 radical (unpaired) electrons. The predicted octanol–water partition coefficient (Wildman–Crippen LogP) is -6.73. The topological polar surface area (TPSA) is 583 Å². The number of primary amides is 2. The summed E-state index contributed by atoms with van der Waals surface area (Å²) < 4.78 is 0. The third-order valence-corrected chi connectivity index (χ3v) is 10.6. The molecule has 31 nitrogen and oxygen atoms in total. The molecule has 0 heterocycles. The van der Waals surface area contributed by atoms with E-state index in [1.165, 1.54) is 6.92 Å². The second-order valence-corrected chi connectivity index (χ2v) is 17.7. The van der Waals surface area contributed by atoms with E-state index in [1.54, 1.807) is 0 Å². The fourth-order valence-corrected chi connectivity index (χ4v) is 7.48. The van der Waals surface area contributed by atoms with Crippen molar-refractivity contribution in [2.75, 3.05) is 32.7 Å². The maximum absolute atomic E-state index is 13.8. The number of rotatable bonds is 41. The van der Waals surface area contributed by atoms with Crippen LogP contribution in [0.15, 0.2) is 25.0 Å². The summed E-state index contributed by atoms with van der Waals surface area (Å²) in [6, 6.07) is -4.47. The Morgan fingerprint density at radius 1 is 0.311 bits per heavy atom. The molecule has 0 aliphatic heterocycles. The zero-order valence-corrected chi connectivity index (χ0v) is 42.7. The van der Waals surface area contributed by atoms with Crippen molar-refractivity contribution in [2.45, 2.75) is 159 Å². The molecule has 0 aliphatic rings. The Labute approximate surface area is 431 Å². The van der Waals surface area contributed by atoms with Gasteiger partial charge in [-0.05, 0) is 70.6 Å². The van der Waals surface area contributed by atoms with Gasteiger partial charge in [-0.15, -0.1) is 0 Å². The molecule has 8 amide bonds. The first-order chi connectivity index (χ1) is 34.8. The largest absolute Gasteiger partial charge is 0.370 e. The lowest BCUT2D eigenvalue weighted by Gasteiger charge is -2.25. The fourth-order valence-electron chi connectivity index (χ4n) is 7.48. The molecule has 0 saturated carbocycles. The van der Waals surface area contributed by atoms with Gasteiger partial charge in [0.05, 0.1) is 0 Å². The van der Waals surface area contributed by atoms with Gasteiger partial charge >= 0.3 is 0 Å². The van der Waals surface area contributed by atoms with Crippen LogP contribution in [0.2, 0.25) is 0 Å². The van der Waals surface area contributed by atoms with Crippen molar-refractivity contribution in [3.05, 3.63) is 0 Å². The molecule has 0 bridgehead atoms. The van der Waals surface area contributed by atoms with Gasteiger partial charge in [0.1, 0.15) is 0 Å². The normalized spacial score (nSPS) is 13.0. The number of nitrogens with two attached hydrogens (primary N) is 12. The minimum Gasteiger partial charge on any atom is -0.370 e. The molecule has 0 spiro atoms. The summed E-state index contributed by atoms with van der Waals surface area (Å²) in [6.07, 6.45) is 1.75. The quantitative estimate of drug-likeness (QED) is 0.0154. The van der Waals surface area contributed by atoms with Crippen molar-refractivity contribution < 1.29 is 38.4 Å². The molecule has 0 rings (SSSR count). The first kappa shape index (κ1) is 66.1. The Morgan fingerprint density at radius 3 is 0.730 bits per heavy atom. The standard InChI is InChI=1S/C43H85N23O8/c1-25(67)61-27(8-3-15-57-40(48)49)20-34(70)63-30(11-6-18-60-43(54)55)23-37(73)66-31(12-13-32(44)68)24-38(74)65-29(10-5-17-59-42(52)53)22-36(72)64-28(9-4-16-58-41(50)51)21-35(71)62-26(19-33(45)69)7-2-14-56-39(46)47/h26-31H,2-24H2,1H3,(H2,44,68)(H2,45,69)(H,61,67)(H,62,71)(H,63,70)(H,64,72)(H,65,74)(H,66,73)(H4,46,47,56)(H4,48,49,57)(H4,50,51,58)(H4,52,53,59)(H4,54,55,60)/t26-,27-,28-,29-,30-,31-/m0/s1. The van der Waals surface area contributed by atoms with Crippen LogP contribution in [0, 0.1) is 0 Å². The number of aliphatic imine (C=N–C) groups is 5. The molecule has 0 aromatic carbocycles. The van der Waals surface area contributed by atoms with Crippen LogP contribution >= 0.6 is 0 Å². The van der Waals surface area contributed by atoms with Crippen molar-refractivity contribution in [2.24, 2.45) is 93.8 Å². The third kappa shape index (κ3) is 39.8. The van der Waals surface area contributed by atoms with E-state index < -0.39 is 77.6 Å². The molecule has 0 unspecified atom stereocenters. The average Bonchev–Trinajstić information content (AvgIpc) is 3.26. The van der Waals surface area contributed by atoms with Gasteiger partial charge in [0.2, 0.25) is 47.3 Å². The van der Waals surface area contributed by atoms with Crippen LogP contribution in [0.25, 0.3) is 0 Å². The summed E-state index contributed by atoms with van der Waals surface area (Å²) in [4.78, 5) is 123. The van der Waals surface area contributed by atoms with E-state index in [-0.39, 0.29) is 139 Å². The van der Waals surface area contributed by atoms with Crippen LogP contribution in [-0.4, -0.2) is 146 Å². The van der Waals surface area contributed by atoms with Gasteiger partial charge in [0.15, 0.2) is 29.8 Å². The number of carbonyl (C=O) groups excluding carboxylic acids is 8. The summed E-state index contributed by atoms with van der Waals surface area (Å²) in [5.74, 6) is -5.00. The Kier molecular flexibility index (Phi) is 34.6. The van der Waals surface area contributed by atoms with Crippen molar-refractivity contribution >= 4 is 77.1 Å². The van der Waals surface area contributed by atoms with Crippen LogP contribution in [-0.2, 0) is 38.4 Å². The zero-order chi connectivity index (χ0) is 56.0. The number of guanidine groups is 5. The molecular weight excluding hydrogens is 967 g/mol. The van der Waals surface area contributed by atoms with Gasteiger partial charge in [-0.2, -0.15) is 0 Å². The van der Waals surface area contributed by atoms with Crippen LogP contribution in [0.1, 0.15) is 122 Å². The molecule has 0 aliphatic carbocycles. The van der Waals surface area contributed by atoms with Crippen molar-refractivity contribution in [3.8, 4) is 0 Å². The van der Waals surface area contributed by atoms with Crippen LogP contribution in [0.4, 0.5) is 0 Å². The van der Waals surface area contributed by atoms with Crippen LogP contribution < -0.4 is 101 Å². The SMILES string of the molecule is CC(=O)N[C@@H](CCCN=C(N)N)CC(=O)N[C@@H](CCCN=C(N)N)CC(=O)N[C@@H](CCC(N)=O)CC(=O)N[C@@H](CCCN=C(N)N)CC(=O)N[C@@H](CCCN=C(N)N)CC(=O)N[C@@H](CCCN=C(N)N)CC(N)=O. The Bertz CT molecular complexity index is 1930. The number of nitrogens with one attached hydrogen (secondary N) is 6. The lowest BCUT2D eigenvalue weighted by atomic mass is 10.0. The minimum atomic E-state index is -0.934. The Balaban J connectivity index is 6.32. The molecule has 6 atom stereocenters. The van der Waals surface area contributed by atoms with Crippen molar-refractivity contribution in [1.82, 2.24) is 31.9 Å². The zero-order valence-electron chi connectivity index (χ0n) is 42.7. The summed E-state index contributed by atoms with van der Waals surface area (Å²) in [7, 11) is 0. The second kappa shape index (κ2) is 38.7. The molecule has 0 saturated heterocycles. The summed E-state index contributed by atoms with van der Waals surface area (Å²) in [6.45, 7) is 2.40. The van der Waals surface area contributed by atoms with Gasteiger partial charge in [0.25, 0.3) is 0 Å². The maximum Gasteiger partial charge on any atom is 0.222 e. The number of nitrogens with zero attached hydrogens (tertiary/aromatic N) is 5. The van der Waals surface area contributed by atoms with Gasteiger partial charge in [-0.3, -0.25) is 63.3 Å². The van der Waals surface area contributed by atoms with E-state index >= 15 is 0 Å². The number of hydrogen-bond donors (Lipinski definition) is 18. The van der Waals surface area contributed by atoms with E-state index in [4.69, 9.17) is 68.8 Å². The molecule has 30 N–H and O–H groups in total. The summed E-state index contributed by atoms with van der Waals surface area (Å²) in [5, 5.41) is 16.9. The number of carbonyl (C=O) groups is 8. The first-order valence-electron chi connectivity index (χ1n) is 24.4. The molecule has 74 heavy (non-hydrogen) atoms. The number of hydrogen-bond acceptors (Lipinski definition) is 13. The summed E-state index contributed by atoms with van der Waals surface area (Å²) in [5.41, 5.74) is 65.4. The Hall–Kier alpha value is -7.89. The fraction of sp³-hybridized carbons (Fsp3) is 0.698. The van der Waals surface area contributed by atoms with Crippen molar-refractivity contribution in [1.29, 1.82) is 0 Å². The lowest BCUT2D eigenvalue weighted by Crippen LogP contribution is -2.47. The highest BCUT2D eigenvalue weighted by molar-refractivity contribution is 5.84. The summed E-state index contributed by atoms with van der Waals surface area (Å²) >= 11 is 0. The predicted molar refractivity (Wildman–Crippen MR) is 282 cm³/mol. The van der Waals surface area contributed by atoms with E-state index in [2.05, 4.69) is 56.9 Å². The Morgan fingerprint density at radius 2 is 0.527 bits per heavy atom. The van der Waals surface area contributed by atoms with Crippen LogP contribution in [0.3, 0.4) is 0 Å². The van der Waals surface area contributed by atoms with Gasteiger partial charge < -0.3 is 101 Å². The van der Waals surface area contributed by atoms with Crippen LogP contribution in [0.5, 0.6) is 0 Å². The maximum atomic E-state index is 13.8. The smallest absolute Gasteiger partial charge is 0.222 e. The van der Waals surface area contributed by atoms with Gasteiger partial charge in [0, 0.05) is 121 Å². The first-order valence-corrected chi connectivity index (χ1v) is 24.4. The highest BCUT2D eigenvalue weighted by Gasteiger charge is 2.26. The third-order valence-electron chi connectivity index (χ3n) is 10.6. The minimum absolute atomic E-state index is 0.0376. The van der Waals surface area contributed by atoms with E-state index in [0.717, 1.165) is 0 Å². The lowest BCUT2D eigenvalue weighted by molar-refractivity contribution is -0.126. The molecule has 0 fully saturated rings. The molecular formula is C43H85N23O8. The number of amides is 8. The molecule has 420 valence electrons. The highest BCUT2D eigenvalue weighted by atomic mass is 16.2. The molecule has 0 aromatic heterocycles. The molecule has 31 heteroatoms. The van der Waals surface area contributed by atoms with E-state index in [1.807, 2.05) is 0 Å². The van der Waals surface area contributed by atoms with Gasteiger partial charge in [-0.25, -0.2) is 0 Å². The van der Waals surface area contributed by atoms with E-state index in [9.17, 15) is 38.4 Å². The van der Waals surface area contributed by atoms with E-state index in [0.29, 0.717) is 44.9 Å². The monoisotopic (exact) mass is 1050 g/mol.